The van der Waals surface area contributed by atoms with E-state index in [-0.39, 0.29) is 11.6 Å². The number of aliphatic imine (C=N–C) groups is 1. The number of carbonyl (C=O) groups excluding carboxylic acids is 1. The summed E-state index contributed by atoms with van der Waals surface area (Å²) in [5.74, 6) is 0.193. The van der Waals surface area contributed by atoms with Gasteiger partial charge in [0.25, 0.3) is 5.69 Å². The molecule has 3 heterocycles. The molecule has 0 fully saturated rings. The lowest BCUT2D eigenvalue weighted by molar-refractivity contribution is -0.384. The van der Waals surface area contributed by atoms with E-state index < -0.39 is 10.9 Å². The average Bonchev–Trinajstić information content (AvgIpc) is 2.93. The lowest BCUT2D eigenvalue weighted by Gasteiger charge is -2.31. The lowest BCUT2D eigenvalue weighted by atomic mass is 9.88. The number of aromatic nitrogens is 1. The van der Waals surface area contributed by atoms with Crippen molar-refractivity contribution in [3.8, 4) is 0 Å². The Labute approximate surface area is 221 Å². The Balaban J connectivity index is 1.51. The number of ether oxygens (including phenoxy) is 1. The van der Waals surface area contributed by atoms with Gasteiger partial charge in [0, 0.05) is 43.0 Å². The Morgan fingerprint density at radius 1 is 1.13 bits per heavy atom. The summed E-state index contributed by atoms with van der Waals surface area (Å²) < 4.78 is 6.15. The number of hydrogen-bond acceptors (Lipinski definition) is 7. The Morgan fingerprint density at radius 3 is 2.68 bits per heavy atom. The van der Waals surface area contributed by atoms with Gasteiger partial charge in [-0.2, -0.15) is 0 Å². The molecular formula is C30H30N4O4. The largest absolute Gasteiger partial charge is 0.425 e. The normalized spacial score (nSPS) is 17.1. The van der Waals surface area contributed by atoms with Crippen molar-refractivity contribution in [2.24, 2.45) is 4.99 Å². The topological polar surface area (TPSA) is 97.9 Å². The minimum Gasteiger partial charge on any atom is -0.425 e. The predicted molar refractivity (Wildman–Crippen MR) is 146 cm³/mol. The standard InChI is InChI=1S/C30H30N4O4/c1-4-21-12-14-31-29(33-15-13-22-8-5-6-9-24(22)18-33)27(21)30(35)38-28-20(3)32-19(2)16-26(28)23-10-7-11-25(17-23)34(36)37/h5-12,14,17,26H,4,13,15-16,18H2,1-3H3. The number of benzene rings is 2. The molecule has 194 valence electrons. The Hall–Kier alpha value is -4.33. The highest BCUT2D eigenvalue weighted by atomic mass is 16.6. The maximum Gasteiger partial charge on any atom is 0.347 e. The minimum atomic E-state index is -0.483. The van der Waals surface area contributed by atoms with E-state index in [0.29, 0.717) is 47.8 Å². The van der Waals surface area contributed by atoms with Crippen molar-refractivity contribution >= 4 is 23.2 Å². The van der Waals surface area contributed by atoms with Crippen molar-refractivity contribution in [3.05, 3.63) is 110 Å². The second kappa shape index (κ2) is 10.6. The van der Waals surface area contributed by atoms with Crippen LogP contribution in [0.1, 0.15) is 65.7 Å². The molecule has 8 nitrogen and oxygen atoms in total. The third-order valence-electron chi connectivity index (χ3n) is 7.25. The summed E-state index contributed by atoms with van der Waals surface area (Å²) >= 11 is 0. The number of nitrogens with zero attached hydrogens (tertiary/aromatic N) is 4. The zero-order valence-corrected chi connectivity index (χ0v) is 21.8. The molecule has 2 aliphatic rings. The van der Waals surface area contributed by atoms with Crippen LogP contribution in [0.15, 0.2) is 77.2 Å². The van der Waals surface area contributed by atoms with E-state index in [1.807, 2.05) is 39.0 Å². The number of nitro benzene ring substituents is 1. The maximum atomic E-state index is 13.9. The number of allylic oxidation sites excluding steroid dienone is 2. The first-order valence-electron chi connectivity index (χ1n) is 12.9. The van der Waals surface area contributed by atoms with E-state index in [9.17, 15) is 14.9 Å². The molecule has 38 heavy (non-hydrogen) atoms. The van der Waals surface area contributed by atoms with E-state index in [1.54, 1.807) is 18.3 Å². The SMILES string of the molecule is CCc1ccnc(N2CCc3ccccc3C2)c1C(=O)OC1=C(C)N=C(C)CC1c1cccc([N+](=O)[O-])c1. The van der Waals surface area contributed by atoms with Gasteiger partial charge in [0.1, 0.15) is 17.1 Å². The number of hydrogen-bond donors (Lipinski definition) is 0. The minimum absolute atomic E-state index is 0.000750. The van der Waals surface area contributed by atoms with Crippen LogP contribution in [-0.4, -0.2) is 28.1 Å². The monoisotopic (exact) mass is 510 g/mol. The van der Waals surface area contributed by atoms with Gasteiger partial charge in [-0.05, 0) is 61.4 Å². The summed E-state index contributed by atoms with van der Waals surface area (Å²) in [6.07, 6.45) is 3.77. The van der Waals surface area contributed by atoms with Gasteiger partial charge in [0.15, 0.2) is 0 Å². The van der Waals surface area contributed by atoms with E-state index in [0.717, 1.165) is 24.2 Å². The smallest absolute Gasteiger partial charge is 0.347 e. The summed E-state index contributed by atoms with van der Waals surface area (Å²) in [6.45, 7) is 7.14. The molecule has 2 aromatic carbocycles. The molecule has 0 aliphatic carbocycles. The molecule has 0 N–H and O–H groups in total. The zero-order chi connectivity index (χ0) is 26.8. The molecule has 0 saturated heterocycles. The van der Waals surface area contributed by atoms with Crippen molar-refractivity contribution in [3.63, 3.8) is 0 Å². The summed E-state index contributed by atoms with van der Waals surface area (Å²) in [4.78, 5) is 36.3. The summed E-state index contributed by atoms with van der Waals surface area (Å²) in [5.41, 5.74) is 6.04. The van der Waals surface area contributed by atoms with Gasteiger partial charge in [0.2, 0.25) is 0 Å². The van der Waals surface area contributed by atoms with Crippen LogP contribution in [0.25, 0.3) is 0 Å². The first-order valence-corrected chi connectivity index (χ1v) is 12.9. The van der Waals surface area contributed by atoms with Crippen molar-refractivity contribution in [1.82, 2.24) is 4.98 Å². The lowest BCUT2D eigenvalue weighted by Crippen LogP contribution is -2.33. The number of rotatable bonds is 6. The first kappa shape index (κ1) is 25.3. The summed E-state index contributed by atoms with van der Waals surface area (Å²) in [7, 11) is 0. The van der Waals surface area contributed by atoms with Crippen molar-refractivity contribution < 1.29 is 14.5 Å². The molecule has 8 heteroatoms. The molecule has 0 bridgehead atoms. The third-order valence-corrected chi connectivity index (χ3v) is 7.25. The number of carbonyl (C=O) groups is 1. The highest BCUT2D eigenvalue weighted by molar-refractivity contribution is 5.97. The van der Waals surface area contributed by atoms with Gasteiger partial charge in [-0.3, -0.25) is 15.1 Å². The van der Waals surface area contributed by atoms with Gasteiger partial charge in [0.05, 0.1) is 10.6 Å². The van der Waals surface area contributed by atoms with Crippen LogP contribution in [-0.2, 0) is 24.1 Å². The number of pyridine rings is 1. The number of nitro groups is 1. The quantitative estimate of drug-likeness (QED) is 0.224. The Bertz CT molecular complexity index is 1480. The Morgan fingerprint density at radius 2 is 1.92 bits per heavy atom. The van der Waals surface area contributed by atoms with Gasteiger partial charge in [-0.15, -0.1) is 0 Å². The molecule has 5 rings (SSSR count). The van der Waals surface area contributed by atoms with Gasteiger partial charge >= 0.3 is 5.97 Å². The second-order valence-corrected chi connectivity index (χ2v) is 9.76. The number of fused-ring (bicyclic) bond motifs is 1. The first-order chi connectivity index (χ1) is 18.4. The zero-order valence-electron chi connectivity index (χ0n) is 21.8. The van der Waals surface area contributed by atoms with E-state index >= 15 is 0 Å². The van der Waals surface area contributed by atoms with Crippen LogP contribution in [0.5, 0.6) is 0 Å². The maximum absolute atomic E-state index is 13.9. The van der Waals surface area contributed by atoms with E-state index in [4.69, 9.17) is 4.74 Å². The fourth-order valence-electron chi connectivity index (χ4n) is 5.37. The molecule has 0 radical (unpaired) electrons. The highest BCUT2D eigenvalue weighted by Gasteiger charge is 2.31. The van der Waals surface area contributed by atoms with Gasteiger partial charge in [-0.25, -0.2) is 9.78 Å². The fourth-order valence-corrected chi connectivity index (χ4v) is 5.37. The highest BCUT2D eigenvalue weighted by Crippen LogP contribution is 2.38. The molecule has 1 unspecified atom stereocenters. The second-order valence-electron chi connectivity index (χ2n) is 9.76. The van der Waals surface area contributed by atoms with Crippen molar-refractivity contribution in [2.75, 3.05) is 11.4 Å². The summed E-state index contributed by atoms with van der Waals surface area (Å²) in [5, 5.41) is 11.4. The van der Waals surface area contributed by atoms with Crippen LogP contribution in [0.2, 0.25) is 0 Å². The molecule has 0 amide bonds. The Kier molecular flexibility index (Phi) is 7.05. The van der Waals surface area contributed by atoms with Crippen LogP contribution in [0, 0.1) is 10.1 Å². The fraction of sp³-hybridized carbons (Fsp3) is 0.300. The molecule has 1 aromatic heterocycles. The average molecular weight is 511 g/mol. The summed E-state index contributed by atoms with van der Waals surface area (Å²) in [6, 6.07) is 16.7. The van der Waals surface area contributed by atoms with Crippen LogP contribution in [0.3, 0.4) is 0 Å². The molecular weight excluding hydrogens is 480 g/mol. The van der Waals surface area contributed by atoms with Crippen LogP contribution >= 0.6 is 0 Å². The van der Waals surface area contributed by atoms with Crippen molar-refractivity contribution in [2.45, 2.75) is 52.5 Å². The molecule has 3 aromatic rings. The van der Waals surface area contributed by atoms with Crippen LogP contribution in [0.4, 0.5) is 11.5 Å². The number of esters is 1. The van der Waals surface area contributed by atoms with Crippen LogP contribution < -0.4 is 4.90 Å². The molecule has 0 saturated carbocycles. The number of aryl methyl sites for hydroxylation is 1. The number of non-ortho nitro benzene ring substituents is 1. The van der Waals surface area contributed by atoms with E-state index in [2.05, 4.69) is 33.1 Å². The van der Waals surface area contributed by atoms with Gasteiger partial charge < -0.3 is 9.64 Å². The van der Waals surface area contributed by atoms with Gasteiger partial charge in [-0.1, -0.05) is 43.3 Å². The third kappa shape index (κ3) is 4.94. The predicted octanol–water partition coefficient (Wildman–Crippen LogP) is 6.15. The number of anilines is 1. The molecule has 0 spiro atoms. The van der Waals surface area contributed by atoms with E-state index in [1.165, 1.54) is 17.2 Å². The van der Waals surface area contributed by atoms with Crippen molar-refractivity contribution in [1.29, 1.82) is 0 Å². The molecule has 1 atom stereocenters. The molecule has 2 aliphatic heterocycles.